The van der Waals surface area contributed by atoms with Crippen LogP contribution in [0.3, 0.4) is 0 Å². The van der Waals surface area contributed by atoms with Gasteiger partial charge in [0, 0.05) is 32.2 Å². The molecule has 1 atom stereocenters. The van der Waals surface area contributed by atoms with Crippen LogP contribution in [-0.4, -0.2) is 39.4 Å². The highest BCUT2D eigenvalue weighted by molar-refractivity contribution is 5.47. The van der Waals surface area contributed by atoms with Crippen LogP contribution < -0.4 is 10.2 Å². The van der Waals surface area contributed by atoms with Gasteiger partial charge in [0.05, 0.1) is 18.9 Å². The average molecular weight is 242 g/mol. The minimum atomic E-state index is -0.557. The molecule has 3 nitrogen and oxygen atoms in total. The van der Waals surface area contributed by atoms with Crippen molar-refractivity contribution in [3.05, 3.63) is 29.8 Å². The maximum Gasteiger partial charge on any atom is 0.149 e. The molecule has 0 aliphatic carbocycles. The molecule has 0 bridgehead atoms. The molecule has 2 rings (SSSR count). The third-order valence-corrected chi connectivity index (χ3v) is 2.81. The summed E-state index contributed by atoms with van der Waals surface area (Å²) in [5, 5.41) is 3.29. The van der Waals surface area contributed by atoms with Crippen LogP contribution >= 0.6 is 0 Å². The summed E-state index contributed by atoms with van der Waals surface area (Å²) in [6.07, 6.45) is 0. The number of benzene rings is 1. The highest BCUT2D eigenvalue weighted by atomic mass is 19.1. The lowest BCUT2D eigenvalue weighted by molar-refractivity contribution is 0.0790. The van der Waals surface area contributed by atoms with Crippen molar-refractivity contribution in [2.45, 2.75) is 6.04 Å². The summed E-state index contributed by atoms with van der Waals surface area (Å²) in [4.78, 5) is 1.76. The van der Waals surface area contributed by atoms with E-state index in [1.807, 2.05) is 0 Å². The molecule has 5 heteroatoms. The van der Waals surface area contributed by atoms with Gasteiger partial charge >= 0.3 is 0 Å². The molecule has 1 aromatic rings. The van der Waals surface area contributed by atoms with E-state index in [9.17, 15) is 8.78 Å². The van der Waals surface area contributed by atoms with Crippen LogP contribution in [0.2, 0.25) is 0 Å². The molecule has 0 amide bonds. The van der Waals surface area contributed by atoms with E-state index in [1.165, 1.54) is 12.1 Å². The molecule has 0 saturated carbocycles. The van der Waals surface area contributed by atoms with Gasteiger partial charge in [-0.3, -0.25) is 0 Å². The van der Waals surface area contributed by atoms with Crippen molar-refractivity contribution in [2.24, 2.45) is 0 Å². The van der Waals surface area contributed by atoms with Gasteiger partial charge in [-0.1, -0.05) is 0 Å². The monoisotopic (exact) mass is 242 g/mol. The van der Waals surface area contributed by atoms with Crippen molar-refractivity contribution in [2.75, 3.05) is 38.3 Å². The van der Waals surface area contributed by atoms with E-state index >= 15 is 0 Å². The number of nitrogens with one attached hydrogen (secondary N) is 1. The van der Waals surface area contributed by atoms with Gasteiger partial charge in [0.15, 0.2) is 0 Å². The second kappa shape index (κ2) is 5.42. The fourth-order valence-corrected chi connectivity index (χ4v) is 1.96. The van der Waals surface area contributed by atoms with Gasteiger partial charge in [-0.05, 0) is 12.1 Å². The van der Waals surface area contributed by atoms with E-state index in [2.05, 4.69) is 5.32 Å². The van der Waals surface area contributed by atoms with E-state index in [0.717, 1.165) is 12.6 Å². The zero-order chi connectivity index (χ0) is 12.3. The molecule has 1 aliphatic heterocycles. The number of morpholine rings is 1. The number of rotatable bonds is 3. The van der Waals surface area contributed by atoms with Crippen LogP contribution in [0.5, 0.6) is 0 Å². The normalized spacial score (nSPS) is 20.3. The molecule has 1 aromatic carbocycles. The summed E-state index contributed by atoms with van der Waals surface area (Å²) in [5.74, 6) is -1.09. The first kappa shape index (κ1) is 12.3. The van der Waals surface area contributed by atoms with Crippen molar-refractivity contribution in [1.82, 2.24) is 5.32 Å². The molecule has 0 aromatic heterocycles. The fraction of sp³-hybridized carbons (Fsp3) is 0.500. The number of nitrogens with zero attached hydrogens (tertiary/aromatic N) is 1. The molecule has 1 N–H and O–H groups in total. The fourth-order valence-electron chi connectivity index (χ4n) is 1.96. The van der Waals surface area contributed by atoms with Gasteiger partial charge in [-0.2, -0.15) is 0 Å². The highest BCUT2D eigenvalue weighted by Crippen LogP contribution is 2.19. The van der Waals surface area contributed by atoms with Gasteiger partial charge in [0.2, 0.25) is 0 Å². The molecule has 0 spiro atoms. The first-order valence-electron chi connectivity index (χ1n) is 5.64. The summed E-state index contributed by atoms with van der Waals surface area (Å²) in [6.45, 7) is 2.77. The lowest BCUT2D eigenvalue weighted by Crippen LogP contribution is -2.47. The Morgan fingerprint density at radius 3 is 2.94 bits per heavy atom. The number of ether oxygens (including phenoxy) is 1. The van der Waals surface area contributed by atoms with Crippen LogP contribution in [0.15, 0.2) is 18.2 Å². The third-order valence-electron chi connectivity index (χ3n) is 2.81. The van der Waals surface area contributed by atoms with Crippen LogP contribution in [0, 0.1) is 11.6 Å². The number of likely N-dealkylation sites (N-methyl/N-ethyl adjacent to an activating group) is 1. The molecule has 1 heterocycles. The van der Waals surface area contributed by atoms with Crippen LogP contribution in [-0.2, 0) is 4.74 Å². The Hall–Kier alpha value is -1.20. The predicted molar refractivity (Wildman–Crippen MR) is 62.2 cm³/mol. The lowest BCUT2D eigenvalue weighted by Gasteiger charge is -2.29. The molecular weight excluding hydrogens is 226 g/mol. The molecule has 1 saturated heterocycles. The van der Waals surface area contributed by atoms with E-state index < -0.39 is 11.6 Å². The van der Waals surface area contributed by atoms with Crippen molar-refractivity contribution in [3.8, 4) is 0 Å². The Morgan fingerprint density at radius 1 is 1.47 bits per heavy atom. The zero-order valence-corrected chi connectivity index (χ0v) is 9.75. The molecule has 94 valence electrons. The summed E-state index contributed by atoms with van der Waals surface area (Å²) >= 11 is 0. The van der Waals surface area contributed by atoms with Crippen LogP contribution in [0.25, 0.3) is 0 Å². The number of hydrogen-bond acceptors (Lipinski definition) is 3. The van der Waals surface area contributed by atoms with Crippen molar-refractivity contribution in [3.63, 3.8) is 0 Å². The van der Waals surface area contributed by atoms with Gasteiger partial charge < -0.3 is 15.0 Å². The third kappa shape index (κ3) is 3.14. The largest absolute Gasteiger partial charge is 0.378 e. The first-order chi connectivity index (χ1) is 8.16. The second-order valence-electron chi connectivity index (χ2n) is 4.20. The smallest absolute Gasteiger partial charge is 0.149 e. The molecular formula is C12H16F2N2O. The summed E-state index contributed by atoms with van der Waals surface area (Å²) in [7, 11) is 1.78. The Bertz CT molecular complexity index is 381. The zero-order valence-electron chi connectivity index (χ0n) is 9.75. The van der Waals surface area contributed by atoms with E-state index in [-0.39, 0.29) is 6.04 Å². The standard InChI is InChI=1S/C12H16F2N2O/c1-16(7-10-8-17-5-4-15-10)12-3-2-9(13)6-11(12)14/h2-3,6,10,15H,4-5,7-8H2,1H3. The van der Waals surface area contributed by atoms with E-state index in [0.29, 0.717) is 25.4 Å². The molecule has 1 aliphatic rings. The average Bonchev–Trinajstić information content (AvgIpc) is 2.30. The SMILES string of the molecule is CN(CC1COCCN1)c1ccc(F)cc1F. The Morgan fingerprint density at radius 2 is 2.29 bits per heavy atom. The number of halogens is 2. The molecule has 17 heavy (non-hydrogen) atoms. The quantitative estimate of drug-likeness (QED) is 0.867. The molecule has 1 fully saturated rings. The van der Waals surface area contributed by atoms with Gasteiger partial charge in [0.1, 0.15) is 11.6 Å². The minimum Gasteiger partial charge on any atom is -0.378 e. The number of hydrogen-bond donors (Lipinski definition) is 1. The van der Waals surface area contributed by atoms with Crippen LogP contribution in [0.1, 0.15) is 0 Å². The molecule has 1 unspecified atom stereocenters. The van der Waals surface area contributed by atoms with E-state index in [1.54, 1.807) is 11.9 Å². The number of anilines is 1. The van der Waals surface area contributed by atoms with Gasteiger partial charge in [-0.25, -0.2) is 8.78 Å². The van der Waals surface area contributed by atoms with Crippen LogP contribution in [0.4, 0.5) is 14.5 Å². The Kier molecular flexibility index (Phi) is 3.91. The minimum absolute atomic E-state index is 0.179. The Labute approximate surface area is 99.4 Å². The molecule has 0 radical (unpaired) electrons. The second-order valence-corrected chi connectivity index (χ2v) is 4.20. The van der Waals surface area contributed by atoms with Crippen molar-refractivity contribution < 1.29 is 13.5 Å². The first-order valence-corrected chi connectivity index (χ1v) is 5.64. The summed E-state index contributed by atoms with van der Waals surface area (Å²) in [6, 6.07) is 3.79. The van der Waals surface area contributed by atoms with Gasteiger partial charge in [-0.15, -0.1) is 0 Å². The van der Waals surface area contributed by atoms with Crippen molar-refractivity contribution in [1.29, 1.82) is 0 Å². The summed E-state index contributed by atoms with van der Waals surface area (Å²) in [5.41, 5.74) is 0.402. The lowest BCUT2D eigenvalue weighted by atomic mass is 10.2. The Balaban J connectivity index is 2.00. The van der Waals surface area contributed by atoms with Crippen molar-refractivity contribution >= 4 is 5.69 Å². The van der Waals surface area contributed by atoms with E-state index in [4.69, 9.17) is 4.74 Å². The summed E-state index contributed by atoms with van der Waals surface area (Å²) < 4.78 is 31.6. The van der Waals surface area contributed by atoms with Gasteiger partial charge in [0.25, 0.3) is 0 Å². The predicted octanol–water partition coefficient (Wildman–Crippen LogP) is 1.39. The maximum atomic E-state index is 13.5. The highest BCUT2D eigenvalue weighted by Gasteiger charge is 2.17. The maximum absolute atomic E-state index is 13.5. The topological polar surface area (TPSA) is 24.5 Å².